The highest BCUT2D eigenvalue weighted by atomic mass is 16.5. The third kappa shape index (κ3) is 3.21. The Hall–Kier alpha value is -3.48. The van der Waals surface area contributed by atoms with Crippen molar-refractivity contribution in [1.29, 1.82) is 0 Å². The maximum atomic E-state index is 13.6. The molecule has 31 heavy (non-hydrogen) atoms. The Labute approximate surface area is 180 Å². The lowest BCUT2D eigenvalue weighted by Crippen LogP contribution is -2.30. The lowest BCUT2D eigenvalue weighted by Gasteiger charge is -2.26. The molecular formula is C24H25NO6. The molecule has 2 heterocycles. The summed E-state index contributed by atoms with van der Waals surface area (Å²) in [6.45, 7) is 4.37. The van der Waals surface area contributed by atoms with Gasteiger partial charge in [0.2, 0.25) is 11.5 Å². The zero-order chi connectivity index (χ0) is 22.3. The van der Waals surface area contributed by atoms with Crippen molar-refractivity contribution in [2.45, 2.75) is 26.3 Å². The van der Waals surface area contributed by atoms with Gasteiger partial charge >= 0.3 is 0 Å². The molecular weight excluding hydrogens is 398 g/mol. The third-order valence-corrected chi connectivity index (χ3v) is 5.59. The Morgan fingerprint density at radius 1 is 1.00 bits per heavy atom. The van der Waals surface area contributed by atoms with Crippen LogP contribution in [0, 0.1) is 6.92 Å². The fourth-order valence-electron chi connectivity index (χ4n) is 4.21. The average Bonchev–Trinajstić information content (AvgIpc) is 3.05. The van der Waals surface area contributed by atoms with Gasteiger partial charge in [0, 0.05) is 6.54 Å². The van der Waals surface area contributed by atoms with Gasteiger partial charge in [-0.25, -0.2) is 0 Å². The van der Waals surface area contributed by atoms with Gasteiger partial charge in [-0.2, -0.15) is 0 Å². The summed E-state index contributed by atoms with van der Waals surface area (Å²) in [6, 6.07) is 8.32. The number of carbonyl (C=O) groups excluding carboxylic acids is 1. The number of aryl methyl sites for hydroxylation is 1. The molecule has 1 aliphatic heterocycles. The first kappa shape index (κ1) is 20.8. The minimum atomic E-state index is -0.614. The molecule has 0 N–H and O–H groups in total. The molecule has 3 aromatic rings. The quantitative estimate of drug-likeness (QED) is 0.594. The molecule has 0 saturated carbocycles. The fraction of sp³-hybridized carbons (Fsp3) is 0.333. The summed E-state index contributed by atoms with van der Waals surface area (Å²) in [7, 11) is 4.59. The number of methoxy groups -OCH3 is 3. The van der Waals surface area contributed by atoms with E-state index >= 15 is 0 Å². The fourth-order valence-corrected chi connectivity index (χ4v) is 4.21. The van der Waals surface area contributed by atoms with Gasteiger partial charge in [-0.3, -0.25) is 9.59 Å². The molecule has 7 heteroatoms. The first-order valence-corrected chi connectivity index (χ1v) is 10.1. The van der Waals surface area contributed by atoms with Crippen LogP contribution >= 0.6 is 0 Å². The minimum absolute atomic E-state index is 0.0913. The van der Waals surface area contributed by atoms with E-state index in [1.165, 1.54) is 21.3 Å². The molecule has 7 nitrogen and oxygen atoms in total. The van der Waals surface area contributed by atoms with Crippen LogP contribution in [0.5, 0.6) is 17.2 Å². The molecule has 1 aromatic heterocycles. The van der Waals surface area contributed by atoms with Gasteiger partial charge in [-0.1, -0.05) is 18.6 Å². The van der Waals surface area contributed by atoms with Crippen LogP contribution in [-0.2, 0) is 0 Å². The highest BCUT2D eigenvalue weighted by Gasteiger charge is 2.43. The number of fused-ring (bicyclic) bond motifs is 2. The summed E-state index contributed by atoms with van der Waals surface area (Å²) >= 11 is 0. The van der Waals surface area contributed by atoms with Gasteiger partial charge < -0.3 is 23.5 Å². The molecule has 0 saturated heterocycles. The summed E-state index contributed by atoms with van der Waals surface area (Å²) in [6.07, 6.45) is 0.730. The molecule has 0 aliphatic carbocycles. The molecule has 1 amide bonds. The van der Waals surface area contributed by atoms with E-state index in [1.807, 2.05) is 19.9 Å². The molecule has 4 rings (SSSR count). The predicted molar refractivity (Wildman–Crippen MR) is 116 cm³/mol. The molecule has 0 bridgehead atoms. The number of amides is 1. The van der Waals surface area contributed by atoms with E-state index in [1.54, 1.807) is 29.2 Å². The van der Waals surface area contributed by atoms with Crippen molar-refractivity contribution < 1.29 is 23.4 Å². The van der Waals surface area contributed by atoms with E-state index in [2.05, 4.69) is 0 Å². The highest BCUT2D eigenvalue weighted by molar-refractivity contribution is 5.99. The topological polar surface area (TPSA) is 78.2 Å². The molecule has 0 fully saturated rings. The molecule has 2 aromatic carbocycles. The van der Waals surface area contributed by atoms with Crippen molar-refractivity contribution in [1.82, 2.24) is 4.90 Å². The van der Waals surface area contributed by atoms with E-state index in [4.69, 9.17) is 18.6 Å². The van der Waals surface area contributed by atoms with E-state index in [9.17, 15) is 9.59 Å². The normalized spacial score (nSPS) is 15.3. The van der Waals surface area contributed by atoms with Crippen molar-refractivity contribution in [2.75, 3.05) is 27.9 Å². The Kier molecular flexibility index (Phi) is 5.35. The van der Waals surface area contributed by atoms with Crippen LogP contribution in [0.15, 0.2) is 39.5 Å². The predicted octanol–water partition coefficient (Wildman–Crippen LogP) is 4.08. The second-order valence-electron chi connectivity index (χ2n) is 7.53. The van der Waals surface area contributed by atoms with Gasteiger partial charge in [0.05, 0.1) is 38.3 Å². The van der Waals surface area contributed by atoms with Crippen LogP contribution in [0.3, 0.4) is 0 Å². The first-order valence-electron chi connectivity index (χ1n) is 10.1. The van der Waals surface area contributed by atoms with Gasteiger partial charge in [0.15, 0.2) is 16.9 Å². The molecule has 0 radical (unpaired) electrons. The summed E-state index contributed by atoms with van der Waals surface area (Å²) in [4.78, 5) is 28.5. The van der Waals surface area contributed by atoms with Crippen LogP contribution in [0.2, 0.25) is 0 Å². The Morgan fingerprint density at radius 2 is 1.68 bits per heavy atom. The standard InChI is InChI=1S/C24H25NO6/c1-6-9-25-20(14-11-17(28-3)22(30-5)18(12-14)29-4)19-21(26)15-10-13(2)7-8-16(15)31-23(19)24(25)27/h7-8,10-12,20H,6,9H2,1-5H3/t20-/m1/s1. The monoisotopic (exact) mass is 423 g/mol. The Bertz CT molecular complexity index is 1200. The van der Waals surface area contributed by atoms with Crippen LogP contribution < -0.4 is 19.6 Å². The van der Waals surface area contributed by atoms with Crippen LogP contribution in [0.25, 0.3) is 11.0 Å². The van der Waals surface area contributed by atoms with Crippen molar-refractivity contribution in [2.24, 2.45) is 0 Å². The van der Waals surface area contributed by atoms with E-state index in [0.717, 1.165) is 12.0 Å². The number of hydrogen-bond acceptors (Lipinski definition) is 6. The van der Waals surface area contributed by atoms with Gasteiger partial charge in [-0.15, -0.1) is 0 Å². The number of ether oxygens (including phenoxy) is 3. The maximum absolute atomic E-state index is 13.6. The number of nitrogens with zero attached hydrogens (tertiary/aromatic N) is 1. The highest BCUT2D eigenvalue weighted by Crippen LogP contribution is 2.45. The third-order valence-electron chi connectivity index (χ3n) is 5.59. The lowest BCUT2D eigenvalue weighted by molar-refractivity contribution is 0.0727. The van der Waals surface area contributed by atoms with Crippen LogP contribution in [0.4, 0.5) is 0 Å². The minimum Gasteiger partial charge on any atom is -0.493 e. The maximum Gasteiger partial charge on any atom is 0.290 e. The van der Waals surface area contributed by atoms with Crippen molar-refractivity contribution in [3.05, 3.63) is 63.0 Å². The average molecular weight is 423 g/mol. The Balaban J connectivity index is 2.02. The summed E-state index contributed by atoms with van der Waals surface area (Å²) in [5.74, 6) is 1.15. The van der Waals surface area contributed by atoms with Crippen molar-refractivity contribution in [3.8, 4) is 17.2 Å². The molecule has 1 atom stereocenters. The van der Waals surface area contributed by atoms with E-state index < -0.39 is 6.04 Å². The van der Waals surface area contributed by atoms with E-state index in [-0.39, 0.29) is 17.1 Å². The van der Waals surface area contributed by atoms with Crippen molar-refractivity contribution in [3.63, 3.8) is 0 Å². The zero-order valence-electron chi connectivity index (χ0n) is 18.3. The SMILES string of the molecule is CCCN1C(=O)c2oc3ccc(C)cc3c(=O)c2[C@H]1c1cc(OC)c(OC)c(OC)c1. The van der Waals surface area contributed by atoms with Gasteiger partial charge in [-0.05, 0) is 43.2 Å². The second-order valence-corrected chi connectivity index (χ2v) is 7.53. The zero-order valence-corrected chi connectivity index (χ0v) is 18.3. The van der Waals surface area contributed by atoms with Gasteiger partial charge in [0.25, 0.3) is 5.91 Å². The number of hydrogen-bond donors (Lipinski definition) is 0. The number of rotatable bonds is 6. The summed E-state index contributed by atoms with van der Waals surface area (Å²) in [5.41, 5.74) is 2.18. The molecule has 0 spiro atoms. The molecule has 1 aliphatic rings. The molecule has 162 valence electrons. The van der Waals surface area contributed by atoms with Crippen LogP contribution in [0.1, 0.15) is 46.6 Å². The number of benzene rings is 2. The Morgan fingerprint density at radius 3 is 2.26 bits per heavy atom. The lowest BCUT2D eigenvalue weighted by atomic mass is 9.97. The van der Waals surface area contributed by atoms with Crippen LogP contribution in [-0.4, -0.2) is 38.7 Å². The van der Waals surface area contributed by atoms with E-state index in [0.29, 0.717) is 45.9 Å². The smallest absolute Gasteiger partial charge is 0.290 e. The summed E-state index contributed by atoms with van der Waals surface area (Å²) < 4.78 is 22.4. The molecule has 0 unspecified atom stereocenters. The van der Waals surface area contributed by atoms with Gasteiger partial charge in [0.1, 0.15) is 5.58 Å². The summed E-state index contributed by atoms with van der Waals surface area (Å²) in [5, 5.41) is 0.461. The second kappa shape index (κ2) is 7.98. The largest absolute Gasteiger partial charge is 0.493 e. The first-order chi connectivity index (χ1) is 14.9. The number of carbonyl (C=O) groups is 1. The van der Waals surface area contributed by atoms with Crippen molar-refractivity contribution >= 4 is 16.9 Å².